The molecule has 0 aliphatic heterocycles. The van der Waals surface area contributed by atoms with Crippen LogP contribution < -0.4 is 5.73 Å². The normalized spacial score (nSPS) is 11.4. The molecule has 0 saturated carbocycles. The number of hydrogen-bond donors (Lipinski definition) is 3. The Kier molecular flexibility index (Phi) is 3.88. The quantitative estimate of drug-likeness (QED) is 0.447. The summed E-state index contributed by atoms with van der Waals surface area (Å²) in [5, 5.41) is 15.0. The van der Waals surface area contributed by atoms with Crippen molar-refractivity contribution in [3.63, 3.8) is 0 Å². The molecule has 3 heteroatoms. The summed E-state index contributed by atoms with van der Waals surface area (Å²) >= 11 is 0. The van der Waals surface area contributed by atoms with Crippen LogP contribution in [0.3, 0.4) is 0 Å². The highest BCUT2D eigenvalue weighted by atomic mass is 16.2. The first kappa shape index (κ1) is 7.17. The highest BCUT2D eigenvalue weighted by molar-refractivity contribution is 5.75. The SMILES string of the molecule is N=C/C(=C\N)CCO. The Morgan fingerprint density at radius 2 is 2.38 bits per heavy atom. The van der Waals surface area contributed by atoms with E-state index in [-0.39, 0.29) is 6.61 Å². The Morgan fingerprint density at radius 1 is 1.75 bits per heavy atom. The van der Waals surface area contributed by atoms with E-state index in [1.54, 1.807) is 0 Å². The van der Waals surface area contributed by atoms with Gasteiger partial charge in [-0.2, -0.15) is 0 Å². The average molecular weight is 114 g/mol. The third-order valence-corrected chi connectivity index (χ3v) is 0.800. The Balaban J connectivity index is 3.54. The Hall–Kier alpha value is -0.830. The highest BCUT2D eigenvalue weighted by Gasteiger charge is 1.86. The largest absolute Gasteiger partial charge is 0.404 e. The Bertz CT molecular complexity index is 98.6. The molecular weight excluding hydrogens is 104 g/mol. The molecule has 0 atom stereocenters. The summed E-state index contributed by atoms with van der Waals surface area (Å²) in [6.07, 6.45) is 2.93. The highest BCUT2D eigenvalue weighted by Crippen LogP contribution is 1.91. The molecule has 0 aromatic rings. The Labute approximate surface area is 48.3 Å². The molecule has 4 N–H and O–H groups in total. The molecule has 0 rings (SSSR count). The molecule has 8 heavy (non-hydrogen) atoms. The second-order valence-electron chi connectivity index (χ2n) is 1.36. The molecular formula is C5H10N2O. The predicted octanol–water partition coefficient (Wildman–Crippen LogP) is -0.139. The minimum atomic E-state index is 0.0540. The van der Waals surface area contributed by atoms with Crippen LogP contribution in [0.15, 0.2) is 11.8 Å². The summed E-state index contributed by atoms with van der Waals surface area (Å²) < 4.78 is 0. The molecule has 3 nitrogen and oxygen atoms in total. The van der Waals surface area contributed by atoms with Crippen molar-refractivity contribution in [2.24, 2.45) is 5.73 Å². The van der Waals surface area contributed by atoms with Gasteiger partial charge in [-0.1, -0.05) is 0 Å². The van der Waals surface area contributed by atoms with Gasteiger partial charge in [0.2, 0.25) is 0 Å². The number of nitrogens with two attached hydrogens (primary N) is 1. The third kappa shape index (κ3) is 2.36. The van der Waals surface area contributed by atoms with Gasteiger partial charge in [0, 0.05) is 12.8 Å². The van der Waals surface area contributed by atoms with Gasteiger partial charge in [-0.15, -0.1) is 0 Å². The molecule has 0 aromatic carbocycles. The van der Waals surface area contributed by atoms with Crippen molar-refractivity contribution >= 4 is 6.21 Å². The zero-order valence-electron chi connectivity index (χ0n) is 4.59. The summed E-state index contributed by atoms with van der Waals surface area (Å²) in [5.41, 5.74) is 5.70. The second-order valence-corrected chi connectivity index (χ2v) is 1.36. The number of rotatable bonds is 3. The lowest BCUT2D eigenvalue weighted by Gasteiger charge is -1.91. The summed E-state index contributed by atoms with van der Waals surface area (Å²) in [6, 6.07) is 0. The number of hydrogen-bond acceptors (Lipinski definition) is 3. The van der Waals surface area contributed by atoms with Gasteiger partial charge in [-0.25, -0.2) is 0 Å². The standard InChI is InChI=1S/C5H10N2O/c6-3-5(4-7)1-2-8/h3-4,6,8H,1-2,7H2/b5-4-,6-3?. The monoisotopic (exact) mass is 114 g/mol. The molecule has 0 fully saturated rings. The molecule has 0 radical (unpaired) electrons. The van der Waals surface area contributed by atoms with Gasteiger partial charge in [-0.05, 0) is 18.2 Å². The van der Waals surface area contributed by atoms with Crippen molar-refractivity contribution in [1.29, 1.82) is 5.41 Å². The molecule has 0 amide bonds. The van der Waals surface area contributed by atoms with Gasteiger partial charge in [0.25, 0.3) is 0 Å². The summed E-state index contributed by atoms with van der Waals surface area (Å²) in [6.45, 7) is 0.0540. The maximum absolute atomic E-state index is 8.30. The lowest BCUT2D eigenvalue weighted by molar-refractivity contribution is 0.301. The van der Waals surface area contributed by atoms with Crippen LogP contribution in [-0.2, 0) is 0 Å². The number of aliphatic hydroxyl groups is 1. The Morgan fingerprint density at radius 3 is 2.50 bits per heavy atom. The zero-order chi connectivity index (χ0) is 6.41. The molecule has 0 aliphatic carbocycles. The lowest BCUT2D eigenvalue weighted by Crippen LogP contribution is -1.92. The maximum atomic E-state index is 8.30. The molecule has 0 heterocycles. The van der Waals surface area contributed by atoms with E-state index in [1.165, 1.54) is 6.20 Å². The van der Waals surface area contributed by atoms with Gasteiger partial charge in [0.05, 0.1) is 0 Å². The van der Waals surface area contributed by atoms with Gasteiger partial charge >= 0.3 is 0 Å². The van der Waals surface area contributed by atoms with Crippen molar-refractivity contribution in [2.45, 2.75) is 6.42 Å². The first-order valence-electron chi connectivity index (χ1n) is 2.37. The average Bonchev–Trinajstić information content (AvgIpc) is 1.83. The lowest BCUT2D eigenvalue weighted by atomic mass is 10.2. The maximum Gasteiger partial charge on any atom is 0.0472 e. The molecule has 0 spiro atoms. The fourth-order valence-electron chi connectivity index (χ4n) is 0.333. The molecule has 0 saturated heterocycles. The van der Waals surface area contributed by atoms with Crippen LogP contribution >= 0.6 is 0 Å². The van der Waals surface area contributed by atoms with Crippen LogP contribution in [0.4, 0.5) is 0 Å². The molecule has 0 unspecified atom stereocenters. The van der Waals surface area contributed by atoms with Crippen LogP contribution in [0.5, 0.6) is 0 Å². The van der Waals surface area contributed by atoms with E-state index in [2.05, 4.69) is 0 Å². The topological polar surface area (TPSA) is 70.1 Å². The first-order chi connectivity index (χ1) is 3.85. The number of nitrogens with one attached hydrogen (secondary N) is 1. The third-order valence-electron chi connectivity index (χ3n) is 0.800. The van der Waals surface area contributed by atoms with Crippen molar-refractivity contribution in [1.82, 2.24) is 0 Å². The van der Waals surface area contributed by atoms with Crippen LogP contribution in [0.1, 0.15) is 6.42 Å². The van der Waals surface area contributed by atoms with Crippen molar-refractivity contribution in [3.05, 3.63) is 11.8 Å². The van der Waals surface area contributed by atoms with Crippen molar-refractivity contribution in [2.75, 3.05) is 6.61 Å². The van der Waals surface area contributed by atoms with Gasteiger partial charge in [0.1, 0.15) is 0 Å². The van der Waals surface area contributed by atoms with E-state index in [0.717, 1.165) is 6.21 Å². The van der Waals surface area contributed by atoms with Crippen molar-refractivity contribution in [3.8, 4) is 0 Å². The van der Waals surface area contributed by atoms with Gasteiger partial charge in [-0.3, -0.25) is 0 Å². The second kappa shape index (κ2) is 4.33. The minimum Gasteiger partial charge on any atom is -0.404 e. The minimum absolute atomic E-state index is 0.0540. The van der Waals surface area contributed by atoms with Gasteiger partial charge < -0.3 is 16.2 Å². The predicted molar refractivity (Wildman–Crippen MR) is 32.8 cm³/mol. The van der Waals surface area contributed by atoms with Crippen LogP contribution in [0, 0.1) is 5.41 Å². The summed E-state index contributed by atoms with van der Waals surface area (Å²) in [4.78, 5) is 0. The molecule has 46 valence electrons. The van der Waals surface area contributed by atoms with E-state index in [1.807, 2.05) is 0 Å². The number of aliphatic hydroxyl groups excluding tert-OH is 1. The van der Waals surface area contributed by atoms with E-state index in [9.17, 15) is 0 Å². The first-order valence-corrected chi connectivity index (χ1v) is 2.37. The van der Waals surface area contributed by atoms with E-state index in [0.29, 0.717) is 12.0 Å². The van der Waals surface area contributed by atoms with Crippen LogP contribution in [0.25, 0.3) is 0 Å². The summed E-state index contributed by atoms with van der Waals surface area (Å²) in [5.74, 6) is 0. The fraction of sp³-hybridized carbons (Fsp3) is 0.400. The van der Waals surface area contributed by atoms with Crippen molar-refractivity contribution < 1.29 is 5.11 Å². The van der Waals surface area contributed by atoms with Crippen LogP contribution in [0.2, 0.25) is 0 Å². The molecule has 0 bridgehead atoms. The van der Waals surface area contributed by atoms with E-state index >= 15 is 0 Å². The van der Waals surface area contributed by atoms with Gasteiger partial charge in [0.15, 0.2) is 0 Å². The van der Waals surface area contributed by atoms with E-state index in [4.69, 9.17) is 16.2 Å². The van der Waals surface area contributed by atoms with E-state index < -0.39 is 0 Å². The van der Waals surface area contributed by atoms with Crippen LogP contribution in [-0.4, -0.2) is 17.9 Å². The summed E-state index contributed by atoms with van der Waals surface area (Å²) in [7, 11) is 0. The molecule has 0 aliphatic rings. The fourth-order valence-corrected chi connectivity index (χ4v) is 0.333. The molecule has 0 aromatic heterocycles. The zero-order valence-corrected chi connectivity index (χ0v) is 4.59. The smallest absolute Gasteiger partial charge is 0.0472 e.